The zero-order chi connectivity index (χ0) is 42.0. The average molecular weight is 832 g/mol. The number of rotatable bonds is 14. The van der Waals surface area contributed by atoms with Crippen molar-refractivity contribution in [3.63, 3.8) is 0 Å². The number of carbonyl (C=O) groups is 2. The summed E-state index contributed by atoms with van der Waals surface area (Å²) in [5, 5.41) is 20.4. The van der Waals surface area contributed by atoms with Crippen LogP contribution >= 0.6 is 0 Å². The lowest BCUT2D eigenvalue weighted by molar-refractivity contribution is -0.147. The van der Waals surface area contributed by atoms with Crippen molar-refractivity contribution < 1.29 is 50.5 Å². The minimum Gasteiger partial charge on any atom is -0.481 e. The maximum Gasteiger partial charge on any atom is 0.452 e. The van der Waals surface area contributed by atoms with E-state index in [4.69, 9.17) is 19.9 Å². The second-order valence-corrected chi connectivity index (χ2v) is 17.2. The third-order valence-electron chi connectivity index (χ3n) is 10.9. The second kappa shape index (κ2) is 16.9. The van der Waals surface area contributed by atoms with Gasteiger partial charge in [0.15, 0.2) is 5.65 Å². The summed E-state index contributed by atoms with van der Waals surface area (Å²) in [6.07, 6.45) is -2.47. The molecule has 1 fully saturated rings. The number of nitrogens with two attached hydrogens (primary N) is 1. The molecule has 0 bridgehead atoms. The molecule has 0 radical (unpaired) electrons. The van der Waals surface area contributed by atoms with Gasteiger partial charge in [0, 0.05) is 56.7 Å². The Kier molecular flexibility index (Phi) is 12.5. The molecule has 6 rings (SSSR count). The number of carbonyl (C=O) groups excluding carboxylic acids is 1. The Hall–Kier alpha value is -4.69. The number of pyridine rings is 2. The maximum absolute atomic E-state index is 14.6. The van der Waals surface area contributed by atoms with Crippen molar-refractivity contribution in [3.05, 3.63) is 81.9 Å². The molecule has 3 aromatic heterocycles. The maximum atomic E-state index is 14.6. The number of hydrogen-bond acceptors (Lipinski definition) is 11. The van der Waals surface area contributed by atoms with Gasteiger partial charge in [-0.25, -0.2) is 13.4 Å². The van der Waals surface area contributed by atoms with Gasteiger partial charge in [-0.15, -0.1) is 10.2 Å². The van der Waals surface area contributed by atoms with E-state index >= 15 is 0 Å². The molecule has 5 heterocycles. The number of sulfonamides is 1. The average Bonchev–Trinajstić information content (AvgIpc) is 3.59. The molecule has 58 heavy (non-hydrogen) atoms. The summed E-state index contributed by atoms with van der Waals surface area (Å²) < 4.78 is 89.9. The Morgan fingerprint density at radius 1 is 1.09 bits per heavy atom. The first-order valence-electron chi connectivity index (χ1n) is 18.9. The van der Waals surface area contributed by atoms with Crippen molar-refractivity contribution in [2.45, 2.75) is 82.5 Å². The zero-order valence-corrected chi connectivity index (χ0v) is 33.6. The number of amides is 1. The summed E-state index contributed by atoms with van der Waals surface area (Å²) in [4.78, 5) is 29.8. The Bertz CT molecular complexity index is 2280. The van der Waals surface area contributed by atoms with Crippen LogP contribution in [0.25, 0.3) is 5.65 Å². The smallest absolute Gasteiger partial charge is 0.452 e. The Morgan fingerprint density at radius 3 is 2.52 bits per heavy atom. The lowest BCUT2D eigenvalue weighted by Gasteiger charge is -2.38. The molecule has 1 spiro atoms. The number of hydrogen-bond donors (Lipinski definition) is 3. The van der Waals surface area contributed by atoms with E-state index in [-0.39, 0.29) is 48.3 Å². The molecule has 1 atom stereocenters. The highest BCUT2D eigenvalue weighted by Gasteiger charge is 2.46. The Labute approximate surface area is 334 Å². The highest BCUT2D eigenvalue weighted by molar-refractivity contribution is 7.89. The van der Waals surface area contributed by atoms with Crippen LogP contribution in [0.15, 0.2) is 47.5 Å². The molecule has 1 amide bonds. The molecule has 1 saturated heterocycles. The first kappa shape index (κ1) is 42.9. The third-order valence-corrected chi connectivity index (χ3v) is 12.7. The molecule has 0 aliphatic carbocycles. The van der Waals surface area contributed by atoms with Gasteiger partial charge in [0.2, 0.25) is 27.6 Å². The van der Waals surface area contributed by atoms with E-state index in [0.29, 0.717) is 80.3 Å². The van der Waals surface area contributed by atoms with Crippen molar-refractivity contribution in [2.75, 3.05) is 46.1 Å². The molecule has 0 saturated carbocycles. The topological polar surface area (TPSA) is 201 Å². The van der Waals surface area contributed by atoms with Crippen LogP contribution in [0.2, 0.25) is 0 Å². The number of nitrogens with zero attached hydrogens (tertiary/aromatic N) is 5. The molecule has 2 aliphatic rings. The van der Waals surface area contributed by atoms with Gasteiger partial charge in [-0.3, -0.25) is 14.0 Å². The molecule has 1 aromatic carbocycles. The number of aryl methyl sites for hydroxylation is 3. The van der Waals surface area contributed by atoms with E-state index in [1.54, 1.807) is 31.2 Å². The van der Waals surface area contributed by atoms with E-state index in [2.05, 4.69) is 20.5 Å². The number of halogens is 3. The van der Waals surface area contributed by atoms with Gasteiger partial charge >= 0.3 is 12.1 Å². The number of aliphatic carboxylic acids is 1. The Balaban J connectivity index is 1.34. The number of ether oxygens (including phenoxy) is 3. The fraction of sp³-hybridized carbons (Fsp3) is 0.513. The third kappa shape index (κ3) is 8.83. The minimum atomic E-state index is -4.77. The lowest BCUT2D eigenvalue weighted by Crippen LogP contribution is -2.50. The predicted molar refractivity (Wildman–Crippen MR) is 204 cm³/mol. The number of carboxylic acid groups (broad SMARTS) is 1. The van der Waals surface area contributed by atoms with Crippen molar-refractivity contribution in [1.82, 2.24) is 29.2 Å². The van der Waals surface area contributed by atoms with Crippen LogP contribution in [-0.4, -0.2) is 101 Å². The second-order valence-electron chi connectivity index (χ2n) is 15.3. The highest BCUT2D eigenvalue weighted by Crippen LogP contribution is 2.45. The molecule has 2 aliphatic heterocycles. The number of carboxylic acids is 1. The summed E-state index contributed by atoms with van der Waals surface area (Å²) in [5.74, 6) is -3.53. The van der Waals surface area contributed by atoms with E-state index in [1.165, 1.54) is 36.5 Å². The molecular weight excluding hydrogens is 784 g/mol. The van der Waals surface area contributed by atoms with Crippen LogP contribution in [0, 0.1) is 19.3 Å². The largest absolute Gasteiger partial charge is 0.481 e. The standard InChI is InChI=1S/C39H48F3N7O8S/c1-24-5-6-26(32(37(3,4)36(51)52)29-11-16-49-33(25(29)2)46-47-35(49)39(40,41)42)21-27(24)22-48-23-38(12-17-55-18-13-38)57-34-30(58(48,53)54)9-7-28(45-34)8-10-31(50)44-15-20-56-19-14-43/h5-7,9,11,16,21,32H,8,10,12-15,17-20,22-23,43H2,1-4H3,(H,44,50)(H,51,52)/t32-/m1/s1. The molecule has 15 nitrogen and oxygen atoms in total. The van der Waals surface area contributed by atoms with Gasteiger partial charge in [0.05, 0.1) is 38.4 Å². The van der Waals surface area contributed by atoms with Crippen LogP contribution < -0.4 is 15.8 Å². The SMILES string of the molecule is Cc1ccc([C@H](c2ccn3c(C(F)(F)F)nnc3c2C)C(C)(C)C(=O)O)cc1CN1CC2(CCOCC2)Oc2nc(CCC(=O)NCCOCCN)ccc2S1(=O)=O. The first-order chi connectivity index (χ1) is 27.4. The summed E-state index contributed by atoms with van der Waals surface area (Å²) >= 11 is 0. The fourth-order valence-corrected chi connectivity index (χ4v) is 9.06. The minimum absolute atomic E-state index is 0.0308. The predicted octanol–water partition coefficient (Wildman–Crippen LogP) is 4.16. The quantitative estimate of drug-likeness (QED) is 0.154. The van der Waals surface area contributed by atoms with Crippen LogP contribution in [0.4, 0.5) is 13.2 Å². The van der Waals surface area contributed by atoms with Crippen LogP contribution in [-0.2, 0) is 48.2 Å². The molecule has 19 heteroatoms. The first-order valence-corrected chi connectivity index (χ1v) is 20.4. The van der Waals surface area contributed by atoms with Crippen LogP contribution in [0.3, 0.4) is 0 Å². The number of fused-ring (bicyclic) bond motifs is 2. The van der Waals surface area contributed by atoms with Gasteiger partial charge in [-0.1, -0.05) is 18.2 Å². The van der Waals surface area contributed by atoms with Gasteiger partial charge in [0.25, 0.3) is 0 Å². The molecular formula is C39H48F3N7O8S. The number of nitrogens with one attached hydrogen (secondary N) is 1. The van der Waals surface area contributed by atoms with Gasteiger partial charge < -0.3 is 30.4 Å². The lowest BCUT2D eigenvalue weighted by atomic mass is 9.70. The number of aromatic nitrogens is 4. The van der Waals surface area contributed by atoms with Crippen molar-refractivity contribution in [2.24, 2.45) is 11.1 Å². The van der Waals surface area contributed by atoms with Crippen molar-refractivity contribution in [3.8, 4) is 5.88 Å². The summed E-state index contributed by atoms with van der Waals surface area (Å²) in [6, 6.07) is 9.74. The monoisotopic (exact) mass is 831 g/mol. The Morgan fingerprint density at radius 2 is 1.83 bits per heavy atom. The van der Waals surface area contributed by atoms with Gasteiger partial charge in [0.1, 0.15) is 10.5 Å². The van der Waals surface area contributed by atoms with Crippen LogP contribution in [0.1, 0.15) is 78.4 Å². The highest BCUT2D eigenvalue weighted by atomic mass is 32.2. The molecule has 0 unspecified atom stereocenters. The molecule has 4 aromatic rings. The van der Waals surface area contributed by atoms with Gasteiger partial charge in [-0.2, -0.15) is 17.5 Å². The normalized spacial score (nSPS) is 17.4. The number of benzene rings is 1. The van der Waals surface area contributed by atoms with E-state index in [9.17, 15) is 36.3 Å². The molecule has 314 valence electrons. The van der Waals surface area contributed by atoms with Gasteiger partial charge in [-0.05, 0) is 80.1 Å². The van der Waals surface area contributed by atoms with Crippen molar-refractivity contribution >= 4 is 27.5 Å². The summed E-state index contributed by atoms with van der Waals surface area (Å²) in [6.45, 7) is 8.40. The van der Waals surface area contributed by atoms with E-state index < -0.39 is 44.9 Å². The fourth-order valence-electron chi connectivity index (χ4n) is 7.52. The van der Waals surface area contributed by atoms with E-state index in [0.717, 1.165) is 9.96 Å². The summed E-state index contributed by atoms with van der Waals surface area (Å²) in [7, 11) is -4.25. The van der Waals surface area contributed by atoms with Crippen LogP contribution in [0.5, 0.6) is 5.88 Å². The molecule has 4 N–H and O–H groups in total. The number of alkyl halides is 3. The van der Waals surface area contributed by atoms with Crippen molar-refractivity contribution in [1.29, 1.82) is 0 Å². The summed E-state index contributed by atoms with van der Waals surface area (Å²) in [5.41, 5.74) is 5.93. The zero-order valence-electron chi connectivity index (χ0n) is 32.8. The van der Waals surface area contributed by atoms with E-state index in [1.807, 2.05) is 6.92 Å².